The zero-order valence-electron chi connectivity index (χ0n) is 13.5. The van der Waals surface area contributed by atoms with Crippen LogP contribution in [0.15, 0.2) is 42.5 Å². The van der Waals surface area contributed by atoms with Crippen molar-refractivity contribution in [3.63, 3.8) is 0 Å². The van der Waals surface area contributed by atoms with Crippen LogP contribution in [-0.2, 0) is 18.0 Å². The molecule has 1 nitrogen and oxygen atoms in total. The molecule has 0 bridgehead atoms. The molecule has 0 saturated heterocycles. The van der Waals surface area contributed by atoms with E-state index < -0.39 is 46.2 Å². The Labute approximate surface area is 144 Å². The molecule has 0 aliphatic heterocycles. The Hall–Kier alpha value is -2.09. The summed E-state index contributed by atoms with van der Waals surface area (Å²) in [4.78, 5) is 0. The van der Waals surface area contributed by atoms with Crippen LogP contribution in [0.4, 0.5) is 30.7 Å². The maximum absolute atomic E-state index is 14.7. The smallest absolute Gasteiger partial charge is 0.319 e. The molecule has 2 aromatic rings. The second-order valence-corrected chi connectivity index (χ2v) is 6.15. The predicted octanol–water partition coefficient (Wildman–Crippen LogP) is 5.25. The van der Waals surface area contributed by atoms with Crippen LogP contribution < -0.4 is 5.32 Å². The number of fused-ring (bicyclic) bond motifs is 2. The lowest BCUT2D eigenvalue weighted by atomic mass is 9.86. The minimum Gasteiger partial charge on any atom is -0.319 e. The van der Waals surface area contributed by atoms with E-state index in [2.05, 4.69) is 5.32 Å². The third-order valence-corrected chi connectivity index (χ3v) is 4.57. The molecular weight excluding hydrogens is 363 g/mol. The fourth-order valence-corrected chi connectivity index (χ4v) is 3.33. The van der Waals surface area contributed by atoms with Crippen molar-refractivity contribution < 1.29 is 30.7 Å². The SMILES string of the molecule is CNCC1c2ccccc2C(F)(F)C(F)(F)c2ccc(C(F)(F)F)cc21. The Kier molecular flexibility index (Phi) is 4.29. The minimum atomic E-state index is -4.77. The first kappa shape index (κ1) is 18.7. The Morgan fingerprint density at radius 2 is 1.46 bits per heavy atom. The normalized spacial score (nSPS) is 20.8. The fourth-order valence-electron chi connectivity index (χ4n) is 3.33. The highest BCUT2D eigenvalue weighted by molar-refractivity contribution is 5.51. The summed E-state index contributed by atoms with van der Waals surface area (Å²) in [5, 5.41) is 2.69. The number of hydrogen-bond donors (Lipinski definition) is 1. The van der Waals surface area contributed by atoms with Crippen molar-refractivity contribution in [3.05, 3.63) is 70.3 Å². The molecule has 8 heteroatoms. The average Bonchev–Trinajstić information content (AvgIpc) is 2.62. The van der Waals surface area contributed by atoms with Crippen LogP contribution in [0.5, 0.6) is 0 Å². The Morgan fingerprint density at radius 3 is 2.04 bits per heavy atom. The maximum atomic E-state index is 14.7. The molecule has 0 fully saturated rings. The molecule has 1 atom stereocenters. The van der Waals surface area contributed by atoms with Crippen LogP contribution in [0.1, 0.15) is 33.7 Å². The van der Waals surface area contributed by atoms with Crippen molar-refractivity contribution in [1.29, 1.82) is 0 Å². The van der Waals surface area contributed by atoms with Gasteiger partial charge in [-0.25, -0.2) is 0 Å². The van der Waals surface area contributed by atoms with E-state index in [-0.39, 0.29) is 12.1 Å². The van der Waals surface area contributed by atoms with Crippen molar-refractivity contribution in [2.75, 3.05) is 13.6 Å². The van der Waals surface area contributed by atoms with E-state index in [0.717, 1.165) is 6.07 Å². The van der Waals surface area contributed by atoms with Crippen LogP contribution in [0.3, 0.4) is 0 Å². The van der Waals surface area contributed by atoms with Crippen LogP contribution in [0, 0.1) is 0 Å². The van der Waals surface area contributed by atoms with Crippen LogP contribution in [-0.4, -0.2) is 13.6 Å². The van der Waals surface area contributed by atoms with Gasteiger partial charge in [-0.3, -0.25) is 0 Å². The fraction of sp³-hybridized carbons (Fsp3) is 0.333. The lowest BCUT2D eigenvalue weighted by molar-refractivity contribution is -0.223. The molecule has 0 aromatic heterocycles. The van der Waals surface area contributed by atoms with Gasteiger partial charge in [0.15, 0.2) is 0 Å². The van der Waals surface area contributed by atoms with E-state index in [1.54, 1.807) is 0 Å². The van der Waals surface area contributed by atoms with E-state index in [1.165, 1.54) is 25.2 Å². The third kappa shape index (κ3) is 2.67. The first-order valence-corrected chi connectivity index (χ1v) is 7.73. The van der Waals surface area contributed by atoms with E-state index in [0.29, 0.717) is 18.2 Å². The van der Waals surface area contributed by atoms with Crippen molar-refractivity contribution in [2.45, 2.75) is 23.9 Å². The molecule has 0 heterocycles. The molecule has 1 unspecified atom stereocenters. The van der Waals surface area contributed by atoms with Gasteiger partial charge in [0.05, 0.1) is 5.56 Å². The summed E-state index contributed by atoms with van der Waals surface area (Å²) in [5.41, 5.74) is -3.70. The van der Waals surface area contributed by atoms with Gasteiger partial charge in [0.2, 0.25) is 0 Å². The molecule has 0 spiro atoms. The standard InChI is InChI=1S/C18H14F7N/c1-26-9-13-11-4-2-3-5-14(11)16(19,20)17(21,22)15-7-6-10(8-12(13)15)18(23,24)25/h2-8,13,26H,9H2,1H3. The van der Waals surface area contributed by atoms with Crippen LogP contribution in [0.25, 0.3) is 0 Å². The van der Waals surface area contributed by atoms with Crippen molar-refractivity contribution in [1.82, 2.24) is 5.32 Å². The van der Waals surface area contributed by atoms with E-state index in [4.69, 9.17) is 0 Å². The molecule has 0 amide bonds. The van der Waals surface area contributed by atoms with Gasteiger partial charge in [0, 0.05) is 23.6 Å². The zero-order valence-corrected chi connectivity index (χ0v) is 13.5. The second-order valence-electron chi connectivity index (χ2n) is 6.15. The topological polar surface area (TPSA) is 12.0 Å². The van der Waals surface area contributed by atoms with E-state index >= 15 is 0 Å². The van der Waals surface area contributed by atoms with Crippen LogP contribution in [0.2, 0.25) is 0 Å². The van der Waals surface area contributed by atoms with Gasteiger partial charge in [-0.15, -0.1) is 0 Å². The number of hydrogen-bond acceptors (Lipinski definition) is 1. The number of nitrogens with one attached hydrogen (secondary N) is 1. The van der Waals surface area contributed by atoms with Gasteiger partial charge < -0.3 is 5.32 Å². The summed E-state index contributed by atoms with van der Waals surface area (Å²) >= 11 is 0. The summed E-state index contributed by atoms with van der Waals surface area (Å²) < 4.78 is 97.9. The summed E-state index contributed by atoms with van der Waals surface area (Å²) in [6.07, 6.45) is -4.77. The second kappa shape index (κ2) is 5.97. The highest BCUT2D eigenvalue weighted by Gasteiger charge is 2.62. The van der Waals surface area contributed by atoms with Crippen molar-refractivity contribution in [3.8, 4) is 0 Å². The average molecular weight is 377 g/mol. The largest absolute Gasteiger partial charge is 0.416 e. The Morgan fingerprint density at radius 1 is 0.885 bits per heavy atom. The van der Waals surface area contributed by atoms with Gasteiger partial charge in [-0.1, -0.05) is 30.3 Å². The molecule has 140 valence electrons. The Balaban J connectivity index is 2.38. The summed E-state index contributed by atoms with van der Waals surface area (Å²) in [5.74, 6) is -10.3. The van der Waals surface area contributed by atoms with Gasteiger partial charge >= 0.3 is 18.0 Å². The maximum Gasteiger partial charge on any atom is 0.416 e. The molecule has 0 radical (unpaired) electrons. The van der Waals surface area contributed by atoms with E-state index in [9.17, 15) is 30.7 Å². The number of rotatable bonds is 2. The number of alkyl halides is 7. The third-order valence-electron chi connectivity index (χ3n) is 4.57. The lowest BCUT2D eigenvalue weighted by Gasteiger charge is -2.27. The molecular formula is C18H14F7N. The van der Waals surface area contributed by atoms with Gasteiger partial charge in [0.1, 0.15) is 0 Å². The molecule has 1 N–H and O–H groups in total. The molecule has 1 aliphatic rings. The highest BCUT2D eigenvalue weighted by Crippen LogP contribution is 2.56. The quantitative estimate of drug-likeness (QED) is 0.705. The van der Waals surface area contributed by atoms with Gasteiger partial charge in [-0.05, 0) is 30.3 Å². The molecule has 3 rings (SSSR count). The monoisotopic (exact) mass is 377 g/mol. The first-order chi connectivity index (χ1) is 12.0. The summed E-state index contributed by atoms with van der Waals surface area (Å²) in [7, 11) is 1.47. The van der Waals surface area contributed by atoms with E-state index in [1.807, 2.05) is 0 Å². The lowest BCUT2D eigenvalue weighted by Crippen LogP contribution is -2.35. The summed E-state index contributed by atoms with van der Waals surface area (Å²) in [6.45, 7) is -0.0719. The van der Waals surface area contributed by atoms with Gasteiger partial charge in [-0.2, -0.15) is 30.7 Å². The van der Waals surface area contributed by atoms with Gasteiger partial charge in [0.25, 0.3) is 0 Å². The number of benzene rings is 2. The summed E-state index contributed by atoms with van der Waals surface area (Å²) in [6, 6.07) is 6.16. The predicted molar refractivity (Wildman–Crippen MR) is 81.4 cm³/mol. The van der Waals surface area contributed by atoms with Crippen molar-refractivity contribution in [2.24, 2.45) is 0 Å². The number of halogens is 7. The van der Waals surface area contributed by atoms with Crippen LogP contribution >= 0.6 is 0 Å². The zero-order chi connectivity index (χ0) is 19.3. The Bertz CT molecular complexity index is 827. The molecule has 2 aromatic carbocycles. The minimum absolute atomic E-state index is 0.0719. The first-order valence-electron chi connectivity index (χ1n) is 7.73. The number of likely N-dealkylation sites (N-methyl/N-ethyl adjacent to an activating group) is 1. The highest BCUT2D eigenvalue weighted by atomic mass is 19.4. The van der Waals surface area contributed by atoms with Crippen molar-refractivity contribution >= 4 is 0 Å². The molecule has 26 heavy (non-hydrogen) atoms. The molecule has 0 saturated carbocycles. The molecule has 1 aliphatic carbocycles.